The van der Waals surface area contributed by atoms with Gasteiger partial charge in [0.15, 0.2) is 0 Å². The molecular formula is C15H28N2O2. The number of amides is 2. The van der Waals surface area contributed by atoms with Crippen molar-refractivity contribution in [2.45, 2.75) is 77.8 Å². The lowest BCUT2D eigenvalue weighted by atomic mass is 9.99. The van der Waals surface area contributed by atoms with Gasteiger partial charge >= 0.3 is 0 Å². The molecule has 1 N–H and O–H groups in total. The topological polar surface area (TPSA) is 49.4 Å². The van der Waals surface area contributed by atoms with Crippen LogP contribution in [0.3, 0.4) is 0 Å². The molecule has 4 nitrogen and oxygen atoms in total. The summed E-state index contributed by atoms with van der Waals surface area (Å²) in [6.07, 6.45) is 6.98. The third-order valence-electron chi connectivity index (χ3n) is 3.76. The van der Waals surface area contributed by atoms with Crippen LogP contribution in [0.2, 0.25) is 0 Å². The number of unbranched alkanes of at least 4 members (excludes halogenated alkanes) is 1. The monoisotopic (exact) mass is 268 g/mol. The molecule has 0 aromatic rings. The van der Waals surface area contributed by atoms with E-state index in [4.69, 9.17) is 0 Å². The van der Waals surface area contributed by atoms with E-state index in [1.54, 1.807) is 0 Å². The Labute approximate surface area is 116 Å². The van der Waals surface area contributed by atoms with Crippen molar-refractivity contribution in [3.63, 3.8) is 0 Å². The molecule has 1 fully saturated rings. The predicted molar refractivity (Wildman–Crippen MR) is 76.8 cm³/mol. The summed E-state index contributed by atoms with van der Waals surface area (Å²) in [5.74, 6) is 0.117. The zero-order chi connectivity index (χ0) is 14.3. The Balaban J connectivity index is 2.74. The van der Waals surface area contributed by atoms with E-state index < -0.39 is 0 Å². The van der Waals surface area contributed by atoms with Gasteiger partial charge in [0.2, 0.25) is 11.8 Å². The van der Waals surface area contributed by atoms with E-state index in [9.17, 15) is 9.59 Å². The number of hydrogen-bond acceptors (Lipinski definition) is 2. The first-order valence-corrected chi connectivity index (χ1v) is 7.73. The average molecular weight is 268 g/mol. The summed E-state index contributed by atoms with van der Waals surface area (Å²) >= 11 is 0. The van der Waals surface area contributed by atoms with E-state index in [1.807, 2.05) is 11.8 Å². The third-order valence-corrected chi connectivity index (χ3v) is 3.76. The smallest absolute Gasteiger partial charge is 0.245 e. The van der Waals surface area contributed by atoms with Crippen molar-refractivity contribution in [3.8, 4) is 0 Å². The summed E-state index contributed by atoms with van der Waals surface area (Å²) in [7, 11) is 0. The maximum atomic E-state index is 12.5. The Kier molecular flexibility index (Phi) is 6.89. The van der Waals surface area contributed by atoms with Crippen LogP contribution in [-0.4, -0.2) is 35.3 Å². The molecule has 1 heterocycles. The van der Waals surface area contributed by atoms with Crippen LogP contribution in [0.5, 0.6) is 0 Å². The first-order chi connectivity index (χ1) is 9.13. The number of carbonyl (C=O) groups is 2. The Morgan fingerprint density at radius 2 is 1.89 bits per heavy atom. The maximum absolute atomic E-state index is 12.5. The van der Waals surface area contributed by atoms with Gasteiger partial charge in [0, 0.05) is 6.04 Å². The highest BCUT2D eigenvalue weighted by molar-refractivity contribution is 5.95. The fourth-order valence-electron chi connectivity index (χ4n) is 2.76. The second-order valence-corrected chi connectivity index (χ2v) is 5.46. The van der Waals surface area contributed by atoms with Gasteiger partial charge in [-0.25, -0.2) is 0 Å². The number of nitrogens with zero attached hydrogens (tertiary/aromatic N) is 1. The summed E-state index contributed by atoms with van der Waals surface area (Å²) in [5.41, 5.74) is 0. The van der Waals surface area contributed by atoms with Gasteiger partial charge < -0.3 is 10.2 Å². The minimum absolute atomic E-state index is 0.00403. The van der Waals surface area contributed by atoms with E-state index >= 15 is 0 Å². The van der Waals surface area contributed by atoms with Crippen molar-refractivity contribution in [1.29, 1.82) is 0 Å². The number of nitrogens with one attached hydrogen (secondary N) is 1. The first kappa shape index (κ1) is 16.0. The zero-order valence-corrected chi connectivity index (χ0v) is 12.6. The SMILES string of the molecule is CCCCC(CCC)N1CC(=O)NC(CCC)C1=O. The highest BCUT2D eigenvalue weighted by atomic mass is 16.2. The summed E-state index contributed by atoms with van der Waals surface area (Å²) in [5, 5.41) is 2.82. The highest BCUT2D eigenvalue weighted by Crippen LogP contribution is 2.19. The quantitative estimate of drug-likeness (QED) is 0.735. The molecule has 1 rings (SSSR count). The van der Waals surface area contributed by atoms with Crippen molar-refractivity contribution >= 4 is 11.8 Å². The van der Waals surface area contributed by atoms with Crippen LogP contribution in [0, 0.1) is 0 Å². The molecular weight excluding hydrogens is 240 g/mol. The van der Waals surface area contributed by atoms with Gasteiger partial charge in [-0.3, -0.25) is 9.59 Å². The Hall–Kier alpha value is -1.06. The molecule has 1 saturated heterocycles. The fraction of sp³-hybridized carbons (Fsp3) is 0.867. The van der Waals surface area contributed by atoms with Crippen molar-refractivity contribution in [1.82, 2.24) is 10.2 Å². The van der Waals surface area contributed by atoms with Gasteiger partial charge in [-0.15, -0.1) is 0 Å². The lowest BCUT2D eigenvalue weighted by Gasteiger charge is -2.38. The van der Waals surface area contributed by atoms with Crippen molar-refractivity contribution in [2.24, 2.45) is 0 Å². The van der Waals surface area contributed by atoms with Gasteiger partial charge in [0.05, 0.1) is 6.54 Å². The van der Waals surface area contributed by atoms with E-state index in [2.05, 4.69) is 19.2 Å². The van der Waals surface area contributed by atoms with Crippen LogP contribution in [0.25, 0.3) is 0 Å². The standard InChI is InChI=1S/C15H28N2O2/c1-4-7-10-12(8-5-2)17-11-14(18)16-13(9-6-3)15(17)19/h12-13H,4-11H2,1-3H3,(H,16,18). The first-order valence-electron chi connectivity index (χ1n) is 7.73. The van der Waals surface area contributed by atoms with Crippen LogP contribution in [0.4, 0.5) is 0 Å². The molecule has 0 aromatic carbocycles. The van der Waals surface area contributed by atoms with Crippen LogP contribution in [-0.2, 0) is 9.59 Å². The molecule has 19 heavy (non-hydrogen) atoms. The number of rotatable bonds is 8. The second kappa shape index (κ2) is 8.18. The third kappa shape index (κ3) is 4.51. The lowest BCUT2D eigenvalue weighted by molar-refractivity contribution is -0.147. The van der Waals surface area contributed by atoms with Gasteiger partial charge in [-0.2, -0.15) is 0 Å². The summed E-state index contributed by atoms with van der Waals surface area (Å²) < 4.78 is 0. The largest absolute Gasteiger partial charge is 0.343 e. The van der Waals surface area contributed by atoms with E-state index in [0.29, 0.717) is 0 Å². The fourth-order valence-corrected chi connectivity index (χ4v) is 2.76. The van der Waals surface area contributed by atoms with Crippen LogP contribution in [0.1, 0.15) is 65.7 Å². The normalized spacial score (nSPS) is 21.4. The Morgan fingerprint density at radius 1 is 1.16 bits per heavy atom. The van der Waals surface area contributed by atoms with Crippen molar-refractivity contribution in [2.75, 3.05) is 6.54 Å². The summed E-state index contributed by atoms with van der Waals surface area (Å²) in [4.78, 5) is 26.1. The molecule has 1 aliphatic heterocycles. The van der Waals surface area contributed by atoms with Crippen molar-refractivity contribution < 1.29 is 9.59 Å². The number of piperazine rings is 1. The number of carbonyl (C=O) groups excluding carboxylic acids is 2. The molecule has 1 aliphatic rings. The van der Waals surface area contributed by atoms with E-state index in [1.165, 1.54) is 0 Å². The Morgan fingerprint density at radius 3 is 2.47 bits per heavy atom. The summed E-state index contributed by atoms with van der Waals surface area (Å²) in [6.45, 7) is 6.58. The van der Waals surface area contributed by atoms with E-state index in [-0.39, 0.29) is 30.4 Å². The van der Waals surface area contributed by atoms with Gasteiger partial charge in [0.1, 0.15) is 6.04 Å². The minimum atomic E-state index is -0.299. The lowest BCUT2D eigenvalue weighted by Crippen LogP contribution is -2.60. The number of hydrogen-bond donors (Lipinski definition) is 1. The van der Waals surface area contributed by atoms with Crippen LogP contribution in [0.15, 0.2) is 0 Å². The molecule has 0 aromatic heterocycles. The minimum Gasteiger partial charge on any atom is -0.343 e. The van der Waals surface area contributed by atoms with Gasteiger partial charge in [-0.05, 0) is 19.3 Å². The second-order valence-electron chi connectivity index (χ2n) is 5.46. The van der Waals surface area contributed by atoms with Crippen LogP contribution >= 0.6 is 0 Å². The molecule has 2 amide bonds. The molecule has 0 radical (unpaired) electrons. The Bertz CT molecular complexity index is 305. The molecule has 0 aliphatic carbocycles. The van der Waals surface area contributed by atoms with Gasteiger partial charge in [-0.1, -0.05) is 46.5 Å². The van der Waals surface area contributed by atoms with Crippen molar-refractivity contribution in [3.05, 3.63) is 0 Å². The molecule has 2 unspecified atom stereocenters. The van der Waals surface area contributed by atoms with E-state index in [0.717, 1.165) is 44.9 Å². The predicted octanol–water partition coefficient (Wildman–Crippen LogP) is 2.47. The van der Waals surface area contributed by atoms with Crippen LogP contribution < -0.4 is 5.32 Å². The maximum Gasteiger partial charge on any atom is 0.245 e. The molecule has 2 atom stereocenters. The zero-order valence-electron chi connectivity index (χ0n) is 12.6. The molecule has 0 spiro atoms. The molecule has 4 heteroatoms. The van der Waals surface area contributed by atoms with Gasteiger partial charge in [0.25, 0.3) is 0 Å². The summed E-state index contributed by atoms with van der Waals surface area (Å²) in [6, 6.07) is -0.0601. The molecule has 0 saturated carbocycles. The highest BCUT2D eigenvalue weighted by Gasteiger charge is 2.35. The average Bonchev–Trinajstić information content (AvgIpc) is 2.39. The molecule has 0 bridgehead atoms. The molecule has 110 valence electrons.